The summed E-state index contributed by atoms with van der Waals surface area (Å²) in [4.78, 5) is 13.8. The Bertz CT molecular complexity index is 477. The molecule has 0 aliphatic rings. The quantitative estimate of drug-likeness (QED) is 0.796. The third kappa shape index (κ3) is 4.63. The Labute approximate surface area is 115 Å². The van der Waals surface area contributed by atoms with Crippen molar-refractivity contribution in [2.75, 3.05) is 24.5 Å². The molecule has 4 nitrogen and oxygen atoms in total. The van der Waals surface area contributed by atoms with Gasteiger partial charge in [-0.05, 0) is 32.4 Å². The number of hydrogen-bond acceptors (Lipinski definition) is 3. The molecule has 4 heteroatoms. The number of anilines is 1. The van der Waals surface area contributed by atoms with Crippen molar-refractivity contribution in [1.82, 2.24) is 5.32 Å². The van der Waals surface area contributed by atoms with Crippen LogP contribution in [-0.2, 0) is 4.79 Å². The predicted octanol–water partition coefficient (Wildman–Crippen LogP) is 2.16. The van der Waals surface area contributed by atoms with Gasteiger partial charge in [0.15, 0.2) is 0 Å². The van der Waals surface area contributed by atoms with Gasteiger partial charge in [0.25, 0.3) is 0 Å². The molecule has 0 aliphatic carbocycles. The van der Waals surface area contributed by atoms with Gasteiger partial charge in [0, 0.05) is 18.8 Å². The lowest BCUT2D eigenvalue weighted by molar-refractivity contribution is -0.119. The fourth-order valence-corrected chi connectivity index (χ4v) is 2.01. The highest BCUT2D eigenvalue weighted by Crippen LogP contribution is 2.20. The molecule has 102 valence electrons. The molecule has 1 aromatic rings. The van der Waals surface area contributed by atoms with Gasteiger partial charge in [-0.15, -0.1) is 0 Å². The first kappa shape index (κ1) is 15.0. The van der Waals surface area contributed by atoms with E-state index in [9.17, 15) is 4.79 Å². The molecule has 19 heavy (non-hydrogen) atoms. The Kier molecular flexibility index (Phi) is 5.87. The fourth-order valence-electron chi connectivity index (χ4n) is 2.01. The second-order valence-corrected chi connectivity index (χ2v) is 4.56. The monoisotopic (exact) mass is 259 g/mol. The number of nitrogens with one attached hydrogen (secondary N) is 1. The smallest absolute Gasteiger partial charge is 0.239 e. The Hall–Kier alpha value is -2.02. The van der Waals surface area contributed by atoms with Crippen LogP contribution in [0.3, 0.4) is 0 Å². The van der Waals surface area contributed by atoms with E-state index in [-0.39, 0.29) is 5.91 Å². The number of hydrogen-bond donors (Lipinski definition) is 1. The molecule has 1 rings (SSSR count). The lowest BCUT2D eigenvalue weighted by Crippen LogP contribution is -2.37. The van der Waals surface area contributed by atoms with Crippen LogP contribution in [0.25, 0.3) is 0 Å². The third-order valence-electron chi connectivity index (χ3n) is 2.97. The van der Waals surface area contributed by atoms with Gasteiger partial charge in [0.1, 0.15) is 0 Å². The van der Waals surface area contributed by atoms with Crippen LogP contribution in [0.15, 0.2) is 18.2 Å². The van der Waals surface area contributed by atoms with Crippen LogP contribution in [0.2, 0.25) is 0 Å². The van der Waals surface area contributed by atoms with Crippen molar-refractivity contribution in [1.29, 1.82) is 5.26 Å². The van der Waals surface area contributed by atoms with E-state index in [1.165, 1.54) is 11.1 Å². The van der Waals surface area contributed by atoms with Gasteiger partial charge in [0.05, 0.1) is 19.0 Å². The zero-order valence-corrected chi connectivity index (χ0v) is 11.9. The van der Waals surface area contributed by atoms with Crippen molar-refractivity contribution in [3.8, 4) is 6.07 Å². The summed E-state index contributed by atoms with van der Waals surface area (Å²) in [7, 11) is 0. The minimum Gasteiger partial charge on any atom is -0.362 e. The van der Waals surface area contributed by atoms with Crippen LogP contribution in [0.5, 0.6) is 0 Å². The Morgan fingerprint density at radius 1 is 1.42 bits per heavy atom. The number of amides is 1. The van der Waals surface area contributed by atoms with Crippen LogP contribution in [0.1, 0.15) is 24.5 Å². The van der Waals surface area contributed by atoms with E-state index in [1.54, 1.807) is 0 Å². The van der Waals surface area contributed by atoms with E-state index >= 15 is 0 Å². The first-order valence-corrected chi connectivity index (χ1v) is 6.54. The first-order valence-electron chi connectivity index (χ1n) is 6.54. The summed E-state index contributed by atoms with van der Waals surface area (Å²) in [5, 5.41) is 11.2. The summed E-state index contributed by atoms with van der Waals surface area (Å²) in [6.07, 6.45) is 0.349. The summed E-state index contributed by atoms with van der Waals surface area (Å²) in [6.45, 7) is 7.66. The third-order valence-corrected chi connectivity index (χ3v) is 2.97. The number of likely N-dealkylation sites (N-methyl/N-ethyl adjacent to an activating group) is 1. The first-order chi connectivity index (χ1) is 9.08. The highest BCUT2D eigenvalue weighted by atomic mass is 16.2. The molecule has 0 spiro atoms. The topological polar surface area (TPSA) is 56.1 Å². The second-order valence-electron chi connectivity index (χ2n) is 4.56. The average Bonchev–Trinajstić information content (AvgIpc) is 2.37. The van der Waals surface area contributed by atoms with Crippen LogP contribution >= 0.6 is 0 Å². The van der Waals surface area contributed by atoms with Gasteiger partial charge < -0.3 is 10.2 Å². The predicted molar refractivity (Wildman–Crippen MR) is 77.0 cm³/mol. The average molecular weight is 259 g/mol. The van der Waals surface area contributed by atoms with Crippen molar-refractivity contribution in [2.45, 2.75) is 27.2 Å². The highest BCUT2D eigenvalue weighted by molar-refractivity contribution is 5.81. The molecule has 1 amide bonds. The summed E-state index contributed by atoms with van der Waals surface area (Å²) in [5.74, 6) is -0.0444. The highest BCUT2D eigenvalue weighted by Gasteiger charge is 2.11. The van der Waals surface area contributed by atoms with Crippen molar-refractivity contribution in [2.24, 2.45) is 0 Å². The summed E-state index contributed by atoms with van der Waals surface area (Å²) >= 11 is 0. The number of aryl methyl sites for hydroxylation is 2. The largest absolute Gasteiger partial charge is 0.362 e. The molecular formula is C15H21N3O. The Morgan fingerprint density at radius 2 is 2.16 bits per heavy atom. The van der Waals surface area contributed by atoms with E-state index in [0.29, 0.717) is 19.5 Å². The molecule has 1 N–H and O–H groups in total. The van der Waals surface area contributed by atoms with Crippen molar-refractivity contribution in [3.05, 3.63) is 29.3 Å². The minimum atomic E-state index is -0.0444. The van der Waals surface area contributed by atoms with Crippen molar-refractivity contribution < 1.29 is 4.79 Å². The normalized spacial score (nSPS) is 9.79. The van der Waals surface area contributed by atoms with E-state index in [2.05, 4.69) is 37.4 Å². The Balaban J connectivity index is 2.67. The zero-order chi connectivity index (χ0) is 14.3. The van der Waals surface area contributed by atoms with Gasteiger partial charge in [-0.1, -0.05) is 17.7 Å². The number of nitriles is 1. The molecular weight excluding hydrogens is 238 g/mol. The van der Waals surface area contributed by atoms with E-state index in [1.807, 2.05) is 17.9 Å². The van der Waals surface area contributed by atoms with Crippen LogP contribution in [0, 0.1) is 25.2 Å². The molecule has 1 aromatic carbocycles. The fraction of sp³-hybridized carbons (Fsp3) is 0.467. The van der Waals surface area contributed by atoms with Gasteiger partial charge in [0.2, 0.25) is 5.91 Å². The maximum Gasteiger partial charge on any atom is 0.239 e. The lowest BCUT2D eigenvalue weighted by Gasteiger charge is -2.24. The van der Waals surface area contributed by atoms with Gasteiger partial charge >= 0.3 is 0 Å². The number of carbonyl (C=O) groups is 1. The zero-order valence-electron chi connectivity index (χ0n) is 11.9. The molecule has 0 saturated heterocycles. The molecule has 0 bridgehead atoms. The standard InChI is InChI=1S/C15H21N3O/c1-4-18(11-15(19)17-9-5-8-16)14-7-6-12(2)10-13(14)3/h6-7,10H,4-5,9,11H2,1-3H3,(H,17,19). The number of benzene rings is 1. The molecule has 0 saturated carbocycles. The number of nitrogens with zero attached hydrogens (tertiary/aromatic N) is 2. The summed E-state index contributed by atoms with van der Waals surface area (Å²) in [5.41, 5.74) is 3.48. The van der Waals surface area contributed by atoms with Crippen LogP contribution < -0.4 is 10.2 Å². The minimum absolute atomic E-state index is 0.0444. The second kappa shape index (κ2) is 7.42. The van der Waals surface area contributed by atoms with Crippen molar-refractivity contribution >= 4 is 11.6 Å². The van der Waals surface area contributed by atoms with E-state index in [4.69, 9.17) is 5.26 Å². The lowest BCUT2D eigenvalue weighted by atomic mass is 10.1. The number of carbonyl (C=O) groups excluding carboxylic acids is 1. The summed E-state index contributed by atoms with van der Waals surface area (Å²) < 4.78 is 0. The van der Waals surface area contributed by atoms with Gasteiger partial charge in [-0.3, -0.25) is 4.79 Å². The molecule has 0 heterocycles. The molecule has 0 unspecified atom stereocenters. The Morgan fingerprint density at radius 3 is 2.74 bits per heavy atom. The molecule has 0 aliphatic heterocycles. The van der Waals surface area contributed by atoms with E-state index in [0.717, 1.165) is 12.2 Å². The van der Waals surface area contributed by atoms with Crippen molar-refractivity contribution in [3.63, 3.8) is 0 Å². The van der Waals surface area contributed by atoms with Gasteiger partial charge in [-0.25, -0.2) is 0 Å². The molecule has 0 atom stereocenters. The number of rotatable bonds is 6. The maximum atomic E-state index is 11.8. The SMILES string of the molecule is CCN(CC(=O)NCCC#N)c1ccc(C)cc1C. The van der Waals surface area contributed by atoms with E-state index < -0.39 is 0 Å². The molecule has 0 fully saturated rings. The summed E-state index contributed by atoms with van der Waals surface area (Å²) in [6, 6.07) is 8.23. The van der Waals surface area contributed by atoms with Gasteiger partial charge in [-0.2, -0.15) is 5.26 Å². The van der Waals surface area contributed by atoms with Crippen LogP contribution in [0.4, 0.5) is 5.69 Å². The molecule has 0 radical (unpaired) electrons. The maximum absolute atomic E-state index is 11.8. The molecule has 0 aromatic heterocycles. The van der Waals surface area contributed by atoms with Crippen LogP contribution in [-0.4, -0.2) is 25.5 Å².